The number of halogens is 2. The molecule has 1 saturated heterocycles. The smallest absolute Gasteiger partial charge is 0.141 e. The summed E-state index contributed by atoms with van der Waals surface area (Å²) < 4.78 is 13.3. The van der Waals surface area contributed by atoms with Gasteiger partial charge < -0.3 is 0 Å². The molecular weight excluding hydrogens is 393 g/mol. The van der Waals surface area contributed by atoms with Crippen LogP contribution >= 0.6 is 22.9 Å². The molecule has 0 unspecified atom stereocenters. The monoisotopic (exact) mass is 415 g/mol. The van der Waals surface area contributed by atoms with Crippen LogP contribution in [0, 0.1) is 12.7 Å². The van der Waals surface area contributed by atoms with Crippen molar-refractivity contribution >= 4 is 22.9 Å². The van der Waals surface area contributed by atoms with Gasteiger partial charge in [0.05, 0.1) is 10.7 Å². The average molecular weight is 416 g/mol. The molecule has 3 aromatic rings. The molecule has 0 amide bonds. The second-order valence-corrected chi connectivity index (χ2v) is 8.58. The van der Waals surface area contributed by atoms with Gasteiger partial charge in [0, 0.05) is 50.2 Å². The number of hydrogen-bond acceptors (Lipinski definition) is 4. The van der Waals surface area contributed by atoms with Crippen molar-refractivity contribution in [2.45, 2.75) is 20.0 Å². The molecule has 2 aromatic carbocycles. The second-order valence-electron chi connectivity index (χ2n) is 7.31. The third-order valence-corrected chi connectivity index (χ3v) is 6.32. The van der Waals surface area contributed by atoms with E-state index in [0.29, 0.717) is 0 Å². The molecule has 3 nitrogen and oxygen atoms in total. The van der Waals surface area contributed by atoms with Crippen LogP contribution in [0.2, 0.25) is 5.02 Å². The van der Waals surface area contributed by atoms with Gasteiger partial charge in [0.15, 0.2) is 0 Å². The molecule has 2 heterocycles. The topological polar surface area (TPSA) is 19.4 Å². The molecular formula is C22H23ClFN3S. The third-order valence-electron chi connectivity index (χ3n) is 5.09. The molecule has 4 rings (SSSR count). The Hall–Kier alpha value is -1.79. The molecule has 6 heteroatoms. The van der Waals surface area contributed by atoms with Crippen LogP contribution in [0.1, 0.15) is 16.8 Å². The lowest BCUT2D eigenvalue weighted by atomic mass is 10.2. The lowest BCUT2D eigenvalue weighted by molar-refractivity contribution is 0.121. The van der Waals surface area contributed by atoms with Crippen molar-refractivity contribution in [3.8, 4) is 10.6 Å². The summed E-state index contributed by atoms with van der Waals surface area (Å²) in [6.07, 6.45) is 0. The summed E-state index contributed by atoms with van der Waals surface area (Å²) in [6, 6.07) is 13.5. The first-order chi connectivity index (χ1) is 13.6. The van der Waals surface area contributed by atoms with E-state index >= 15 is 0 Å². The summed E-state index contributed by atoms with van der Waals surface area (Å²) >= 11 is 7.60. The van der Waals surface area contributed by atoms with Crippen molar-refractivity contribution in [1.82, 2.24) is 14.8 Å². The standard InChI is InChI=1S/C22H23ClFN3S/c1-16-2-5-18(6-3-16)22-25-19(15-28-22)14-27-10-8-26(9-11-27)13-17-4-7-21(24)20(23)12-17/h2-7,12,15H,8-11,13-14H2,1H3. The fourth-order valence-corrected chi connectivity index (χ4v) is 4.46. The first kappa shape index (κ1) is 19.5. The summed E-state index contributed by atoms with van der Waals surface area (Å²) in [5.74, 6) is -0.358. The van der Waals surface area contributed by atoms with Crippen LogP contribution in [0.25, 0.3) is 10.6 Å². The first-order valence-electron chi connectivity index (χ1n) is 9.47. The minimum Gasteiger partial charge on any atom is -0.297 e. The van der Waals surface area contributed by atoms with Crippen molar-refractivity contribution in [2.75, 3.05) is 26.2 Å². The zero-order valence-corrected chi connectivity index (χ0v) is 17.4. The van der Waals surface area contributed by atoms with Crippen molar-refractivity contribution in [3.63, 3.8) is 0 Å². The molecule has 1 aliphatic heterocycles. The van der Waals surface area contributed by atoms with Crippen molar-refractivity contribution < 1.29 is 4.39 Å². The highest BCUT2D eigenvalue weighted by Gasteiger charge is 2.18. The SMILES string of the molecule is Cc1ccc(-c2nc(CN3CCN(Cc4ccc(F)c(Cl)c4)CC3)cs2)cc1. The molecule has 0 radical (unpaired) electrons. The Morgan fingerprint density at radius 2 is 1.68 bits per heavy atom. The second kappa shape index (κ2) is 8.70. The minimum absolute atomic E-state index is 0.198. The van der Waals surface area contributed by atoms with Crippen molar-refractivity contribution in [2.24, 2.45) is 0 Å². The van der Waals surface area contributed by atoms with Crippen LogP contribution < -0.4 is 0 Å². The largest absolute Gasteiger partial charge is 0.297 e. The Labute approximate surface area is 174 Å². The van der Waals surface area contributed by atoms with Gasteiger partial charge >= 0.3 is 0 Å². The van der Waals surface area contributed by atoms with Crippen LogP contribution in [-0.4, -0.2) is 41.0 Å². The summed E-state index contributed by atoms with van der Waals surface area (Å²) in [7, 11) is 0. The maximum Gasteiger partial charge on any atom is 0.141 e. The number of nitrogens with zero attached hydrogens (tertiary/aromatic N) is 3. The normalized spacial score (nSPS) is 15.8. The van der Waals surface area contributed by atoms with Crippen molar-refractivity contribution in [3.05, 3.63) is 75.5 Å². The molecule has 0 bridgehead atoms. The van der Waals surface area contributed by atoms with Crippen LogP contribution in [0.5, 0.6) is 0 Å². The molecule has 146 valence electrons. The Balaban J connectivity index is 1.30. The van der Waals surface area contributed by atoms with Gasteiger partial charge in [-0.25, -0.2) is 9.37 Å². The van der Waals surface area contributed by atoms with Gasteiger partial charge in [-0.2, -0.15) is 0 Å². The van der Waals surface area contributed by atoms with E-state index in [-0.39, 0.29) is 10.8 Å². The summed E-state index contributed by atoms with van der Waals surface area (Å²) in [4.78, 5) is 9.66. The van der Waals surface area contributed by atoms with Gasteiger partial charge in [-0.15, -0.1) is 11.3 Å². The highest BCUT2D eigenvalue weighted by molar-refractivity contribution is 7.13. The molecule has 0 N–H and O–H groups in total. The molecule has 1 aliphatic rings. The molecule has 0 aliphatic carbocycles. The van der Waals surface area contributed by atoms with Crippen LogP contribution in [0.3, 0.4) is 0 Å². The van der Waals surface area contributed by atoms with Crippen LogP contribution in [0.15, 0.2) is 47.8 Å². The molecule has 0 spiro atoms. The fourth-order valence-electron chi connectivity index (χ4n) is 3.44. The third kappa shape index (κ3) is 4.78. The van der Waals surface area contributed by atoms with E-state index in [4.69, 9.17) is 16.6 Å². The zero-order chi connectivity index (χ0) is 19.5. The number of thiazole rings is 1. The van der Waals surface area contributed by atoms with E-state index in [9.17, 15) is 4.39 Å². The number of piperazine rings is 1. The summed E-state index contributed by atoms with van der Waals surface area (Å²) in [5, 5.41) is 3.45. The Bertz CT molecular complexity index is 933. The highest BCUT2D eigenvalue weighted by Crippen LogP contribution is 2.25. The van der Waals surface area contributed by atoms with Crippen LogP contribution in [0.4, 0.5) is 4.39 Å². The molecule has 1 aromatic heterocycles. The molecule has 0 atom stereocenters. The van der Waals surface area contributed by atoms with Gasteiger partial charge in [-0.1, -0.05) is 47.5 Å². The lowest BCUT2D eigenvalue weighted by Gasteiger charge is -2.34. The lowest BCUT2D eigenvalue weighted by Crippen LogP contribution is -2.45. The van der Waals surface area contributed by atoms with Gasteiger partial charge in [0.2, 0.25) is 0 Å². The summed E-state index contributed by atoms with van der Waals surface area (Å²) in [5.41, 5.74) is 4.65. The van der Waals surface area contributed by atoms with Gasteiger partial charge in [0.25, 0.3) is 0 Å². The molecule has 1 fully saturated rings. The van der Waals surface area contributed by atoms with Gasteiger partial charge in [-0.05, 0) is 24.6 Å². The van der Waals surface area contributed by atoms with E-state index in [2.05, 4.69) is 46.4 Å². The van der Waals surface area contributed by atoms with Crippen LogP contribution in [-0.2, 0) is 13.1 Å². The number of aryl methyl sites for hydroxylation is 1. The van der Waals surface area contributed by atoms with E-state index in [1.165, 1.54) is 17.2 Å². The number of rotatable bonds is 5. The predicted octanol–water partition coefficient (Wildman–Crippen LogP) is 5.23. The number of aromatic nitrogens is 1. The Kier molecular flexibility index (Phi) is 6.07. The predicted molar refractivity (Wildman–Crippen MR) is 114 cm³/mol. The van der Waals surface area contributed by atoms with Gasteiger partial charge in [0.1, 0.15) is 10.8 Å². The molecule has 28 heavy (non-hydrogen) atoms. The zero-order valence-electron chi connectivity index (χ0n) is 15.9. The fraction of sp³-hybridized carbons (Fsp3) is 0.318. The maximum absolute atomic E-state index is 13.3. The quantitative estimate of drug-likeness (QED) is 0.568. The highest BCUT2D eigenvalue weighted by atomic mass is 35.5. The Morgan fingerprint density at radius 1 is 1.00 bits per heavy atom. The van der Waals surface area contributed by atoms with E-state index < -0.39 is 0 Å². The molecule has 0 saturated carbocycles. The van der Waals surface area contributed by atoms with E-state index in [1.807, 2.05) is 6.07 Å². The Morgan fingerprint density at radius 3 is 2.36 bits per heavy atom. The number of benzene rings is 2. The maximum atomic E-state index is 13.3. The summed E-state index contributed by atoms with van der Waals surface area (Å²) in [6.45, 7) is 7.79. The minimum atomic E-state index is -0.358. The number of hydrogen-bond donors (Lipinski definition) is 0. The van der Waals surface area contributed by atoms with Crippen molar-refractivity contribution in [1.29, 1.82) is 0 Å². The van der Waals surface area contributed by atoms with Gasteiger partial charge in [-0.3, -0.25) is 9.80 Å². The van der Waals surface area contributed by atoms with E-state index in [1.54, 1.807) is 17.4 Å². The average Bonchev–Trinajstić information content (AvgIpc) is 3.15. The first-order valence-corrected chi connectivity index (χ1v) is 10.7. The van der Waals surface area contributed by atoms with E-state index in [0.717, 1.165) is 55.5 Å².